The summed E-state index contributed by atoms with van der Waals surface area (Å²) in [6.45, 7) is 0.431. The number of hydrogen-bond donors (Lipinski definition) is 2. The van der Waals surface area contributed by atoms with Gasteiger partial charge in [-0.3, -0.25) is 9.48 Å². The van der Waals surface area contributed by atoms with Gasteiger partial charge in [0.15, 0.2) is 11.5 Å². The minimum absolute atomic E-state index is 0.268. The number of benzene rings is 1. The van der Waals surface area contributed by atoms with Gasteiger partial charge in [-0.2, -0.15) is 14.5 Å². The Morgan fingerprint density at radius 1 is 1.23 bits per heavy atom. The molecule has 0 atom stereocenters. The predicted molar refractivity (Wildman–Crippen MR) is 114 cm³/mol. The second-order valence-electron chi connectivity index (χ2n) is 7.27. The zero-order valence-corrected chi connectivity index (χ0v) is 17.6. The van der Waals surface area contributed by atoms with E-state index >= 15 is 0 Å². The Bertz CT molecular complexity index is 1260. The van der Waals surface area contributed by atoms with Gasteiger partial charge in [-0.15, -0.1) is 5.10 Å². The van der Waals surface area contributed by atoms with Crippen LogP contribution in [0, 0.1) is 5.95 Å². The zero-order valence-electron chi connectivity index (χ0n) is 17.6. The van der Waals surface area contributed by atoms with E-state index in [2.05, 4.69) is 30.8 Å². The van der Waals surface area contributed by atoms with Gasteiger partial charge in [-0.05, 0) is 32.3 Å². The van der Waals surface area contributed by atoms with Crippen molar-refractivity contribution in [2.45, 2.75) is 6.54 Å². The fourth-order valence-electron chi connectivity index (χ4n) is 3.25. The van der Waals surface area contributed by atoms with Crippen molar-refractivity contribution < 1.29 is 9.18 Å². The highest BCUT2D eigenvalue weighted by atomic mass is 19.1. The minimum atomic E-state index is -0.536. The molecule has 0 fully saturated rings. The third kappa shape index (κ3) is 4.08. The van der Waals surface area contributed by atoms with Crippen molar-refractivity contribution in [3.05, 3.63) is 53.9 Å². The summed E-state index contributed by atoms with van der Waals surface area (Å²) >= 11 is 0. The number of nitrogens with one attached hydrogen (secondary N) is 2. The van der Waals surface area contributed by atoms with E-state index in [0.29, 0.717) is 40.6 Å². The molecule has 0 aliphatic rings. The first-order chi connectivity index (χ1) is 14.9. The molecule has 31 heavy (non-hydrogen) atoms. The van der Waals surface area contributed by atoms with Crippen molar-refractivity contribution in [3.8, 4) is 5.82 Å². The van der Waals surface area contributed by atoms with Crippen LogP contribution in [0.15, 0.2) is 36.7 Å². The largest absolute Gasteiger partial charge is 0.354 e. The zero-order chi connectivity index (χ0) is 22.1. The number of nitrogens with zero attached hydrogens (tertiary/aromatic N) is 7. The van der Waals surface area contributed by atoms with Gasteiger partial charge in [-0.1, -0.05) is 0 Å². The van der Waals surface area contributed by atoms with Crippen LogP contribution in [0.2, 0.25) is 0 Å². The van der Waals surface area contributed by atoms with E-state index in [-0.39, 0.29) is 5.91 Å². The van der Waals surface area contributed by atoms with Crippen molar-refractivity contribution in [1.82, 2.24) is 39.7 Å². The number of aryl methyl sites for hydroxylation is 1. The number of amides is 1. The van der Waals surface area contributed by atoms with Crippen LogP contribution in [-0.4, -0.2) is 61.5 Å². The van der Waals surface area contributed by atoms with Gasteiger partial charge in [0.05, 0.1) is 5.52 Å². The first-order valence-corrected chi connectivity index (χ1v) is 9.53. The molecule has 4 aromatic rings. The average molecular weight is 423 g/mol. The third-order valence-electron chi connectivity index (χ3n) is 4.65. The van der Waals surface area contributed by atoms with Gasteiger partial charge in [0.25, 0.3) is 5.91 Å². The molecule has 4 rings (SSSR count). The maximum Gasteiger partial charge on any atom is 0.272 e. The number of halogens is 1. The maximum atomic E-state index is 14.1. The molecule has 0 spiro atoms. The van der Waals surface area contributed by atoms with Crippen LogP contribution in [0.4, 0.5) is 16.0 Å². The van der Waals surface area contributed by atoms with E-state index in [4.69, 9.17) is 0 Å². The first-order valence-electron chi connectivity index (χ1n) is 9.53. The monoisotopic (exact) mass is 423 g/mol. The molecule has 2 N–H and O–H groups in total. The summed E-state index contributed by atoms with van der Waals surface area (Å²) in [5.41, 5.74) is 2.31. The van der Waals surface area contributed by atoms with Crippen LogP contribution in [0.1, 0.15) is 16.1 Å². The highest BCUT2D eigenvalue weighted by molar-refractivity contribution is 6.05. The van der Waals surface area contributed by atoms with E-state index < -0.39 is 5.95 Å². The predicted octanol–water partition coefficient (Wildman–Crippen LogP) is 1.85. The van der Waals surface area contributed by atoms with Crippen molar-refractivity contribution in [1.29, 1.82) is 0 Å². The fraction of sp³-hybridized carbons (Fsp3) is 0.250. The second-order valence-corrected chi connectivity index (χ2v) is 7.27. The summed E-state index contributed by atoms with van der Waals surface area (Å²) in [7, 11) is 7.06. The Morgan fingerprint density at radius 3 is 2.77 bits per heavy atom. The van der Waals surface area contributed by atoms with Gasteiger partial charge in [0.1, 0.15) is 0 Å². The van der Waals surface area contributed by atoms with Gasteiger partial charge in [0, 0.05) is 55.7 Å². The fourth-order valence-corrected chi connectivity index (χ4v) is 3.25. The number of aromatic nitrogens is 6. The molecule has 0 saturated heterocycles. The van der Waals surface area contributed by atoms with Crippen LogP contribution in [0.5, 0.6) is 0 Å². The number of carbonyl (C=O) groups excluding carboxylic acids is 1. The average Bonchev–Trinajstić information content (AvgIpc) is 3.27. The molecule has 3 aromatic heterocycles. The topological polar surface area (TPSA) is 106 Å². The summed E-state index contributed by atoms with van der Waals surface area (Å²) in [5, 5.41) is 14.6. The molecule has 0 saturated carbocycles. The SMILES string of the molecule is CNC(=O)c1nn(C)c2ccc(Nc3nccc(-n4cc(CN(C)C)c(F)n4)n3)cc12. The molecule has 0 aliphatic heterocycles. The van der Waals surface area contributed by atoms with E-state index in [1.165, 1.54) is 4.68 Å². The van der Waals surface area contributed by atoms with Crippen molar-refractivity contribution in [2.75, 3.05) is 26.5 Å². The molecule has 1 amide bonds. The van der Waals surface area contributed by atoms with E-state index in [1.54, 1.807) is 37.2 Å². The Morgan fingerprint density at radius 2 is 2.03 bits per heavy atom. The first kappa shape index (κ1) is 20.4. The maximum absolute atomic E-state index is 14.1. The highest BCUT2D eigenvalue weighted by Gasteiger charge is 2.16. The normalized spacial score (nSPS) is 11.3. The number of anilines is 2. The highest BCUT2D eigenvalue weighted by Crippen LogP contribution is 2.24. The van der Waals surface area contributed by atoms with Gasteiger partial charge in [-0.25, -0.2) is 9.67 Å². The van der Waals surface area contributed by atoms with Crippen molar-refractivity contribution >= 4 is 28.4 Å². The van der Waals surface area contributed by atoms with E-state index in [0.717, 1.165) is 5.52 Å². The lowest BCUT2D eigenvalue weighted by Crippen LogP contribution is -2.18. The molecule has 0 unspecified atom stereocenters. The molecule has 160 valence electrons. The molecular formula is C20H22FN9O. The number of fused-ring (bicyclic) bond motifs is 1. The Balaban J connectivity index is 1.64. The summed E-state index contributed by atoms with van der Waals surface area (Å²) in [4.78, 5) is 22.7. The van der Waals surface area contributed by atoms with Crippen LogP contribution in [0.25, 0.3) is 16.7 Å². The lowest BCUT2D eigenvalue weighted by atomic mass is 10.2. The summed E-state index contributed by atoms with van der Waals surface area (Å²) in [6, 6.07) is 7.16. The van der Waals surface area contributed by atoms with Gasteiger partial charge < -0.3 is 15.5 Å². The van der Waals surface area contributed by atoms with Gasteiger partial charge in [0.2, 0.25) is 11.9 Å². The standard InChI is InChI=1S/C20H22FN9O/c1-22-19(31)17-14-9-13(5-6-15(14)29(4)26-17)24-20-23-8-7-16(25-20)30-11-12(10-28(2)3)18(21)27-30/h5-9,11H,10H2,1-4H3,(H,22,31)(H,23,24,25). The molecule has 1 aromatic carbocycles. The van der Waals surface area contributed by atoms with Crippen molar-refractivity contribution in [3.63, 3.8) is 0 Å². The molecule has 3 heterocycles. The smallest absolute Gasteiger partial charge is 0.272 e. The third-order valence-corrected chi connectivity index (χ3v) is 4.65. The molecular weight excluding hydrogens is 401 g/mol. The Kier molecular flexibility index (Phi) is 5.34. The van der Waals surface area contributed by atoms with Crippen LogP contribution in [0.3, 0.4) is 0 Å². The summed E-state index contributed by atoms with van der Waals surface area (Å²) in [6.07, 6.45) is 3.17. The minimum Gasteiger partial charge on any atom is -0.354 e. The van der Waals surface area contributed by atoms with Gasteiger partial charge >= 0.3 is 0 Å². The molecule has 10 nitrogen and oxygen atoms in total. The summed E-state index contributed by atoms with van der Waals surface area (Å²) < 4.78 is 17.2. The Hall–Kier alpha value is -3.86. The lowest BCUT2D eigenvalue weighted by Gasteiger charge is -2.07. The number of carbonyl (C=O) groups is 1. The molecule has 0 radical (unpaired) electrons. The lowest BCUT2D eigenvalue weighted by molar-refractivity contribution is 0.0959. The quantitative estimate of drug-likeness (QED) is 0.488. The summed E-state index contributed by atoms with van der Waals surface area (Å²) in [5.74, 6) is -0.0666. The second kappa shape index (κ2) is 8.11. The van der Waals surface area contributed by atoms with Crippen LogP contribution < -0.4 is 10.6 Å². The van der Waals surface area contributed by atoms with Crippen LogP contribution in [-0.2, 0) is 13.6 Å². The van der Waals surface area contributed by atoms with E-state index in [9.17, 15) is 9.18 Å². The number of rotatable bonds is 6. The molecule has 0 bridgehead atoms. The molecule has 0 aliphatic carbocycles. The number of hydrogen-bond acceptors (Lipinski definition) is 7. The van der Waals surface area contributed by atoms with Crippen molar-refractivity contribution in [2.24, 2.45) is 7.05 Å². The van der Waals surface area contributed by atoms with Crippen LogP contribution >= 0.6 is 0 Å². The Labute approximate surface area is 177 Å². The molecule has 11 heteroatoms. The van der Waals surface area contributed by atoms with E-state index in [1.807, 2.05) is 37.2 Å².